The van der Waals surface area contributed by atoms with Crippen LogP contribution >= 0.6 is 0 Å². The van der Waals surface area contributed by atoms with Gasteiger partial charge in [0.05, 0.1) is 5.92 Å². The Balaban J connectivity index is 1.63. The van der Waals surface area contributed by atoms with Crippen LogP contribution in [0.4, 0.5) is 0 Å². The molecule has 4 heteroatoms. The Kier molecular flexibility index (Phi) is 4.18. The lowest BCUT2D eigenvalue weighted by Gasteiger charge is -2.18. The molecule has 1 saturated heterocycles. The lowest BCUT2D eigenvalue weighted by Crippen LogP contribution is -2.41. The van der Waals surface area contributed by atoms with E-state index in [9.17, 15) is 4.79 Å². The van der Waals surface area contributed by atoms with Crippen LogP contribution in [0, 0.1) is 5.92 Å². The van der Waals surface area contributed by atoms with Crippen molar-refractivity contribution >= 4 is 5.91 Å². The SMILES string of the molecule is NC1CCCC1C(=O)NCCN1CCCC1. The van der Waals surface area contributed by atoms with Gasteiger partial charge in [0.15, 0.2) is 0 Å². The minimum Gasteiger partial charge on any atom is -0.355 e. The van der Waals surface area contributed by atoms with Crippen molar-refractivity contribution in [3.8, 4) is 0 Å². The van der Waals surface area contributed by atoms with Crippen LogP contribution in [0.5, 0.6) is 0 Å². The molecule has 1 heterocycles. The number of nitrogens with one attached hydrogen (secondary N) is 1. The zero-order chi connectivity index (χ0) is 11.4. The number of nitrogens with two attached hydrogens (primary N) is 1. The van der Waals surface area contributed by atoms with E-state index in [1.54, 1.807) is 0 Å². The minimum absolute atomic E-state index is 0.0681. The van der Waals surface area contributed by atoms with Crippen LogP contribution in [0.2, 0.25) is 0 Å². The summed E-state index contributed by atoms with van der Waals surface area (Å²) in [4.78, 5) is 14.2. The Morgan fingerprint density at radius 1 is 1.25 bits per heavy atom. The molecular weight excluding hydrogens is 202 g/mol. The van der Waals surface area contributed by atoms with Gasteiger partial charge in [-0.25, -0.2) is 0 Å². The van der Waals surface area contributed by atoms with E-state index >= 15 is 0 Å². The van der Waals surface area contributed by atoms with E-state index in [1.165, 1.54) is 25.9 Å². The van der Waals surface area contributed by atoms with Crippen molar-refractivity contribution in [1.82, 2.24) is 10.2 Å². The van der Waals surface area contributed by atoms with Crippen LogP contribution in [0.1, 0.15) is 32.1 Å². The van der Waals surface area contributed by atoms with Gasteiger partial charge in [-0.3, -0.25) is 4.79 Å². The maximum atomic E-state index is 11.8. The van der Waals surface area contributed by atoms with Gasteiger partial charge in [-0.05, 0) is 38.8 Å². The first kappa shape index (κ1) is 11.9. The Bertz CT molecular complexity index is 238. The van der Waals surface area contributed by atoms with Gasteiger partial charge in [-0.2, -0.15) is 0 Å². The van der Waals surface area contributed by atoms with Gasteiger partial charge in [0.1, 0.15) is 0 Å². The molecule has 2 unspecified atom stereocenters. The zero-order valence-electron chi connectivity index (χ0n) is 9.95. The molecule has 0 radical (unpaired) electrons. The molecule has 1 aliphatic carbocycles. The fourth-order valence-corrected chi connectivity index (χ4v) is 2.79. The minimum atomic E-state index is 0.0681. The third-order valence-electron chi connectivity index (χ3n) is 3.83. The number of hydrogen-bond acceptors (Lipinski definition) is 3. The molecule has 0 spiro atoms. The van der Waals surface area contributed by atoms with Gasteiger partial charge in [0.2, 0.25) is 5.91 Å². The average Bonchev–Trinajstić information content (AvgIpc) is 2.88. The largest absolute Gasteiger partial charge is 0.355 e. The predicted molar refractivity (Wildman–Crippen MR) is 64.0 cm³/mol. The number of carbonyl (C=O) groups is 1. The van der Waals surface area contributed by atoms with E-state index in [1.807, 2.05) is 0 Å². The highest BCUT2D eigenvalue weighted by Gasteiger charge is 2.29. The van der Waals surface area contributed by atoms with Crippen LogP contribution in [0.25, 0.3) is 0 Å². The van der Waals surface area contributed by atoms with Gasteiger partial charge in [-0.1, -0.05) is 6.42 Å². The standard InChI is InChI=1S/C12H23N3O/c13-11-5-3-4-10(11)12(16)14-6-9-15-7-1-2-8-15/h10-11H,1-9,13H2,(H,14,16). The van der Waals surface area contributed by atoms with E-state index < -0.39 is 0 Å². The second-order valence-electron chi connectivity index (χ2n) is 5.04. The molecule has 1 amide bonds. The third kappa shape index (κ3) is 2.95. The second-order valence-corrected chi connectivity index (χ2v) is 5.04. The highest BCUT2D eigenvalue weighted by molar-refractivity contribution is 5.79. The van der Waals surface area contributed by atoms with Crippen LogP contribution in [-0.4, -0.2) is 43.0 Å². The summed E-state index contributed by atoms with van der Waals surface area (Å²) in [6.07, 6.45) is 5.69. The summed E-state index contributed by atoms with van der Waals surface area (Å²) in [5.74, 6) is 0.239. The predicted octanol–water partition coefficient (Wildman–Crippen LogP) is 0.326. The molecule has 2 atom stereocenters. The van der Waals surface area contributed by atoms with Crippen LogP contribution in [0.15, 0.2) is 0 Å². The molecule has 0 aromatic carbocycles. The Morgan fingerprint density at radius 3 is 2.62 bits per heavy atom. The first-order chi connectivity index (χ1) is 7.77. The first-order valence-corrected chi connectivity index (χ1v) is 6.53. The quantitative estimate of drug-likeness (QED) is 0.725. The molecule has 1 aliphatic heterocycles. The van der Waals surface area contributed by atoms with E-state index in [0.29, 0.717) is 0 Å². The van der Waals surface area contributed by atoms with Crippen molar-refractivity contribution in [2.45, 2.75) is 38.1 Å². The number of hydrogen-bond donors (Lipinski definition) is 2. The van der Waals surface area contributed by atoms with Crippen molar-refractivity contribution in [3.63, 3.8) is 0 Å². The number of amides is 1. The summed E-state index contributed by atoms with van der Waals surface area (Å²) in [5, 5.41) is 3.02. The molecule has 2 aliphatic rings. The van der Waals surface area contributed by atoms with Gasteiger partial charge in [0.25, 0.3) is 0 Å². The lowest BCUT2D eigenvalue weighted by molar-refractivity contribution is -0.125. The molecule has 0 aromatic heterocycles. The van der Waals surface area contributed by atoms with Gasteiger partial charge in [-0.15, -0.1) is 0 Å². The molecule has 4 nitrogen and oxygen atoms in total. The fraction of sp³-hybridized carbons (Fsp3) is 0.917. The molecule has 0 aromatic rings. The molecule has 1 saturated carbocycles. The summed E-state index contributed by atoms with van der Waals surface area (Å²) >= 11 is 0. The molecule has 2 fully saturated rings. The zero-order valence-corrected chi connectivity index (χ0v) is 9.95. The van der Waals surface area contributed by atoms with Crippen LogP contribution in [-0.2, 0) is 4.79 Å². The smallest absolute Gasteiger partial charge is 0.224 e. The van der Waals surface area contributed by atoms with Crippen molar-refractivity contribution in [1.29, 1.82) is 0 Å². The maximum absolute atomic E-state index is 11.8. The van der Waals surface area contributed by atoms with Crippen molar-refractivity contribution in [3.05, 3.63) is 0 Å². The molecule has 0 bridgehead atoms. The average molecular weight is 225 g/mol. The Hall–Kier alpha value is -0.610. The molecule has 92 valence electrons. The van der Waals surface area contributed by atoms with Crippen LogP contribution < -0.4 is 11.1 Å². The fourth-order valence-electron chi connectivity index (χ4n) is 2.79. The van der Waals surface area contributed by atoms with Crippen molar-refractivity contribution in [2.24, 2.45) is 11.7 Å². The van der Waals surface area contributed by atoms with Crippen LogP contribution in [0.3, 0.4) is 0 Å². The highest BCUT2D eigenvalue weighted by Crippen LogP contribution is 2.23. The van der Waals surface area contributed by atoms with Gasteiger partial charge >= 0.3 is 0 Å². The highest BCUT2D eigenvalue weighted by atomic mass is 16.1. The van der Waals surface area contributed by atoms with E-state index in [2.05, 4.69) is 10.2 Å². The van der Waals surface area contributed by atoms with Gasteiger partial charge < -0.3 is 16.0 Å². The number of rotatable bonds is 4. The Morgan fingerprint density at radius 2 is 2.00 bits per heavy atom. The number of likely N-dealkylation sites (tertiary alicyclic amines) is 1. The molecule has 3 N–H and O–H groups in total. The van der Waals surface area contributed by atoms with Crippen molar-refractivity contribution < 1.29 is 4.79 Å². The summed E-state index contributed by atoms with van der Waals surface area (Å²) < 4.78 is 0. The molecule has 2 rings (SSSR count). The maximum Gasteiger partial charge on any atom is 0.224 e. The normalized spacial score (nSPS) is 30.8. The topological polar surface area (TPSA) is 58.4 Å². The molecule has 16 heavy (non-hydrogen) atoms. The number of carbonyl (C=O) groups excluding carboxylic acids is 1. The summed E-state index contributed by atoms with van der Waals surface area (Å²) in [7, 11) is 0. The lowest BCUT2D eigenvalue weighted by atomic mass is 10.0. The summed E-state index contributed by atoms with van der Waals surface area (Å²) in [5.41, 5.74) is 5.90. The van der Waals surface area contributed by atoms with E-state index in [0.717, 1.165) is 32.4 Å². The summed E-state index contributed by atoms with van der Waals surface area (Å²) in [6, 6.07) is 0.0896. The Labute approximate surface area is 97.6 Å². The number of nitrogens with zero attached hydrogens (tertiary/aromatic N) is 1. The first-order valence-electron chi connectivity index (χ1n) is 6.53. The third-order valence-corrected chi connectivity index (χ3v) is 3.83. The van der Waals surface area contributed by atoms with Gasteiger partial charge in [0, 0.05) is 19.1 Å². The summed E-state index contributed by atoms with van der Waals surface area (Å²) in [6.45, 7) is 4.16. The molecular formula is C12H23N3O. The van der Waals surface area contributed by atoms with Crippen molar-refractivity contribution in [2.75, 3.05) is 26.2 Å². The van der Waals surface area contributed by atoms with E-state index in [-0.39, 0.29) is 17.9 Å². The van der Waals surface area contributed by atoms with E-state index in [4.69, 9.17) is 5.73 Å². The second kappa shape index (κ2) is 5.64. The monoisotopic (exact) mass is 225 g/mol.